The van der Waals surface area contributed by atoms with Crippen molar-refractivity contribution < 1.29 is 19.4 Å². The zero-order valence-electron chi connectivity index (χ0n) is 19.8. The van der Waals surface area contributed by atoms with Crippen LogP contribution in [0.2, 0.25) is 0 Å². The van der Waals surface area contributed by atoms with Crippen LogP contribution in [0, 0.1) is 5.92 Å². The number of aliphatic carboxylic acids is 1. The van der Waals surface area contributed by atoms with E-state index < -0.39 is 11.9 Å². The lowest BCUT2D eigenvalue weighted by Gasteiger charge is -2.13. The van der Waals surface area contributed by atoms with Crippen molar-refractivity contribution in [2.75, 3.05) is 6.61 Å². The Morgan fingerprint density at radius 2 is 1.27 bits per heavy atom. The maximum Gasteiger partial charge on any atom is 0.309 e. The van der Waals surface area contributed by atoms with Gasteiger partial charge in [-0.25, -0.2) is 0 Å². The number of ether oxygens (including phenoxy) is 1. The topological polar surface area (TPSA) is 63.6 Å². The van der Waals surface area contributed by atoms with Gasteiger partial charge in [-0.15, -0.1) is 0 Å². The Balaban J connectivity index is 3.46. The lowest BCUT2D eigenvalue weighted by atomic mass is 9.97. The van der Waals surface area contributed by atoms with E-state index in [1.165, 1.54) is 83.5 Å². The highest BCUT2D eigenvalue weighted by Crippen LogP contribution is 2.18. The van der Waals surface area contributed by atoms with Crippen molar-refractivity contribution in [3.8, 4) is 0 Å². The smallest absolute Gasteiger partial charge is 0.309 e. The first-order valence-corrected chi connectivity index (χ1v) is 12.6. The fourth-order valence-electron chi connectivity index (χ4n) is 3.78. The number of hydrogen-bond acceptors (Lipinski definition) is 3. The third kappa shape index (κ3) is 20.0. The van der Waals surface area contributed by atoms with Crippen LogP contribution in [0.25, 0.3) is 0 Å². The summed E-state index contributed by atoms with van der Waals surface area (Å²) in [7, 11) is 0. The first-order valence-electron chi connectivity index (χ1n) is 12.6. The molecule has 0 aliphatic rings. The number of carboxylic acids is 1. The third-order valence-electron chi connectivity index (χ3n) is 5.61. The lowest BCUT2D eigenvalue weighted by Crippen LogP contribution is -2.21. The Hall–Kier alpha value is -1.32. The summed E-state index contributed by atoms with van der Waals surface area (Å²) in [6.07, 6.45) is 25.0. The highest BCUT2D eigenvalue weighted by Gasteiger charge is 2.22. The lowest BCUT2D eigenvalue weighted by molar-refractivity contribution is -0.153. The minimum atomic E-state index is -0.919. The summed E-state index contributed by atoms with van der Waals surface area (Å²) in [6, 6.07) is 0. The summed E-state index contributed by atoms with van der Waals surface area (Å²) in [5.41, 5.74) is 0. The van der Waals surface area contributed by atoms with Crippen LogP contribution in [0.15, 0.2) is 12.2 Å². The molecule has 1 atom stereocenters. The first kappa shape index (κ1) is 28.7. The van der Waals surface area contributed by atoms with Crippen molar-refractivity contribution in [2.24, 2.45) is 5.92 Å². The van der Waals surface area contributed by atoms with Gasteiger partial charge in [0.2, 0.25) is 0 Å². The summed E-state index contributed by atoms with van der Waals surface area (Å²) < 4.78 is 5.13. The molecule has 30 heavy (non-hydrogen) atoms. The van der Waals surface area contributed by atoms with Crippen molar-refractivity contribution in [1.29, 1.82) is 0 Å². The zero-order chi connectivity index (χ0) is 22.3. The summed E-state index contributed by atoms with van der Waals surface area (Å²) in [6.45, 7) is 4.41. The second kappa shape index (κ2) is 22.4. The zero-order valence-corrected chi connectivity index (χ0v) is 19.8. The third-order valence-corrected chi connectivity index (χ3v) is 5.61. The van der Waals surface area contributed by atoms with Crippen molar-refractivity contribution in [2.45, 2.75) is 129 Å². The van der Waals surface area contributed by atoms with Crippen molar-refractivity contribution in [3.63, 3.8) is 0 Å². The summed E-state index contributed by atoms with van der Waals surface area (Å²) in [5.74, 6) is -1.74. The molecular weight excluding hydrogens is 376 g/mol. The average Bonchev–Trinajstić information content (AvgIpc) is 2.73. The van der Waals surface area contributed by atoms with E-state index in [9.17, 15) is 9.59 Å². The summed E-state index contributed by atoms with van der Waals surface area (Å²) >= 11 is 0. The second-order valence-electron chi connectivity index (χ2n) is 8.56. The van der Waals surface area contributed by atoms with E-state index in [0.717, 1.165) is 19.3 Å². The van der Waals surface area contributed by atoms with E-state index in [1.807, 2.05) is 6.92 Å². The average molecular weight is 425 g/mol. The van der Waals surface area contributed by atoms with E-state index in [4.69, 9.17) is 9.84 Å². The van der Waals surface area contributed by atoms with Crippen LogP contribution in [-0.4, -0.2) is 23.7 Å². The highest BCUT2D eigenvalue weighted by molar-refractivity contribution is 5.79. The van der Waals surface area contributed by atoms with Crippen LogP contribution in [-0.2, 0) is 14.3 Å². The molecule has 176 valence electrons. The highest BCUT2D eigenvalue weighted by atomic mass is 16.5. The molecule has 0 aliphatic carbocycles. The predicted molar refractivity (Wildman–Crippen MR) is 126 cm³/mol. The van der Waals surface area contributed by atoms with Crippen molar-refractivity contribution in [3.05, 3.63) is 12.2 Å². The van der Waals surface area contributed by atoms with Crippen molar-refractivity contribution in [1.82, 2.24) is 0 Å². The molecule has 0 amide bonds. The van der Waals surface area contributed by atoms with Gasteiger partial charge in [0.05, 0.1) is 18.9 Å². The molecule has 0 aromatic rings. The van der Waals surface area contributed by atoms with Gasteiger partial charge in [0.15, 0.2) is 0 Å². The second-order valence-corrected chi connectivity index (χ2v) is 8.56. The van der Waals surface area contributed by atoms with Gasteiger partial charge in [-0.1, -0.05) is 103 Å². The first-order chi connectivity index (χ1) is 14.6. The number of unbranched alkanes of at least 4 members (excludes halogenated alkanes) is 14. The molecule has 0 rings (SSSR count). The molecule has 0 aromatic heterocycles. The van der Waals surface area contributed by atoms with Gasteiger partial charge in [0.1, 0.15) is 0 Å². The minimum Gasteiger partial charge on any atom is -0.481 e. The number of carbonyl (C=O) groups excluding carboxylic acids is 1. The largest absolute Gasteiger partial charge is 0.481 e. The minimum absolute atomic E-state index is 0.112. The molecule has 0 saturated heterocycles. The molecule has 0 aromatic carbocycles. The van der Waals surface area contributed by atoms with Crippen LogP contribution in [0.5, 0.6) is 0 Å². The Morgan fingerprint density at radius 1 is 0.800 bits per heavy atom. The number of hydrogen-bond donors (Lipinski definition) is 1. The maximum atomic E-state index is 12.0. The fourth-order valence-corrected chi connectivity index (χ4v) is 3.78. The van der Waals surface area contributed by atoms with Crippen molar-refractivity contribution >= 4 is 11.9 Å². The standard InChI is InChI=1S/C26H48O4/c1-3-5-6-7-8-9-10-11-12-13-14-15-16-17-18-19-20-21-24(23-25(27)28)26(29)30-22-4-2/h3,5,24H,4,6-23H2,1-2H3,(H,27,28)/b5-3+. The van der Waals surface area contributed by atoms with E-state index in [-0.39, 0.29) is 12.4 Å². The quantitative estimate of drug-likeness (QED) is 0.109. The SMILES string of the molecule is C/C=C/CCCCCCCCCCCCCCCCC(CC(=O)O)C(=O)OCCC. The van der Waals surface area contributed by atoms with E-state index in [1.54, 1.807) is 0 Å². The monoisotopic (exact) mass is 424 g/mol. The van der Waals surface area contributed by atoms with Crippen LogP contribution < -0.4 is 0 Å². The molecular formula is C26H48O4. The van der Waals surface area contributed by atoms with Gasteiger partial charge in [0, 0.05) is 0 Å². The molecule has 0 spiro atoms. The molecule has 4 nitrogen and oxygen atoms in total. The van der Waals surface area contributed by atoms with Gasteiger partial charge in [-0.3, -0.25) is 9.59 Å². The number of rotatable bonds is 22. The Kier molecular flexibility index (Phi) is 21.4. The molecule has 0 fully saturated rings. The summed E-state index contributed by atoms with van der Waals surface area (Å²) in [4.78, 5) is 22.9. The number of carboxylic acid groups (broad SMARTS) is 1. The Morgan fingerprint density at radius 3 is 1.70 bits per heavy atom. The Bertz CT molecular complexity index is 431. The molecule has 0 saturated carbocycles. The van der Waals surface area contributed by atoms with Gasteiger partial charge < -0.3 is 9.84 Å². The van der Waals surface area contributed by atoms with Crippen LogP contribution in [0.1, 0.15) is 129 Å². The molecule has 1 unspecified atom stereocenters. The molecule has 0 bridgehead atoms. The summed E-state index contributed by atoms with van der Waals surface area (Å²) in [5, 5.41) is 8.99. The van der Waals surface area contributed by atoms with Crippen LogP contribution in [0.4, 0.5) is 0 Å². The van der Waals surface area contributed by atoms with Gasteiger partial charge in [-0.2, -0.15) is 0 Å². The normalized spacial score (nSPS) is 12.3. The predicted octanol–water partition coefficient (Wildman–Crippen LogP) is 7.85. The van der Waals surface area contributed by atoms with Crippen LogP contribution >= 0.6 is 0 Å². The molecule has 0 aliphatic heterocycles. The van der Waals surface area contributed by atoms with Gasteiger partial charge >= 0.3 is 11.9 Å². The van der Waals surface area contributed by atoms with Gasteiger partial charge in [-0.05, 0) is 32.6 Å². The van der Waals surface area contributed by atoms with E-state index >= 15 is 0 Å². The van der Waals surface area contributed by atoms with Gasteiger partial charge in [0.25, 0.3) is 0 Å². The van der Waals surface area contributed by atoms with Crippen LogP contribution in [0.3, 0.4) is 0 Å². The molecule has 0 heterocycles. The Labute approximate surface area is 185 Å². The number of allylic oxidation sites excluding steroid dienone is 2. The molecule has 0 radical (unpaired) electrons. The number of carbonyl (C=O) groups is 2. The number of esters is 1. The maximum absolute atomic E-state index is 12.0. The molecule has 1 N–H and O–H groups in total. The van der Waals surface area contributed by atoms with E-state index in [0.29, 0.717) is 13.0 Å². The van der Waals surface area contributed by atoms with E-state index in [2.05, 4.69) is 19.1 Å². The molecule has 4 heteroatoms. The fraction of sp³-hybridized carbons (Fsp3) is 0.846.